The van der Waals surface area contributed by atoms with Gasteiger partial charge in [0, 0.05) is 6.54 Å². The van der Waals surface area contributed by atoms with E-state index in [1.54, 1.807) is 27.7 Å². The summed E-state index contributed by atoms with van der Waals surface area (Å²) in [6.45, 7) is 7.29. The number of hydrogen-bond acceptors (Lipinski definition) is 4. The Morgan fingerprint density at radius 2 is 2.05 bits per heavy atom. The largest absolute Gasteiger partial charge is 0.465 e. The van der Waals surface area contributed by atoms with Gasteiger partial charge in [0.15, 0.2) is 0 Å². The summed E-state index contributed by atoms with van der Waals surface area (Å²) in [6, 6.07) is 4.01. The van der Waals surface area contributed by atoms with Gasteiger partial charge in [0.05, 0.1) is 12.3 Å². The van der Waals surface area contributed by atoms with Crippen LogP contribution in [0.15, 0.2) is 18.2 Å². The number of esters is 1. The number of ether oxygens (including phenoxy) is 2. The molecule has 0 N–H and O–H groups in total. The molecular weight excluding hydrogens is 289 g/mol. The number of hydrogen-bond donors (Lipinski definition) is 0. The molecule has 120 valence electrons. The number of nitrogens with zero attached hydrogens (tertiary/aromatic N) is 1. The molecule has 1 aliphatic rings. The summed E-state index contributed by atoms with van der Waals surface area (Å²) in [6.07, 6.45) is -0.605. The third-order valence-electron chi connectivity index (χ3n) is 3.21. The van der Waals surface area contributed by atoms with Crippen LogP contribution in [0.25, 0.3) is 0 Å². The zero-order valence-electron chi connectivity index (χ0n) is 13.2. The highest BCUT2D eigenvalue weighted by molar-refractivity contribution is 5.95. The van der Waals surface area contributed by atoms with Crippen LogP contribution in [0.2, 0.25) is 0 Å². The molecule has 0 spiro atoms. The Balaban J connectivity index is 2.33. The third-order valence-corrected chi connectivity index (χ3v) is 3.21. The molecule has 1 heterocycles. The first-order valence-corrected chi connectivity index (χ1v) is 7.19. The molecule has 0 aromatic heterocycles. The molecule has 1 unspecified atom stereocenters. The van der Waals surface area contributed by atoms with E-state index in [9.17, 15) is 14.0 Å². The molecule has 1 aliphatic heterocycles. The van der Waals surface area contributed by atoms with Crippen molar-refractivity contribution in [1.29, 1.82) is 0 Å². The Labute approximate surface area is 129 Å². The lowest BCUT2D eigenvalue weighted by Gasteiger charge is -2.25. The molecule has 0 bridgehead atoms. The van der Waals surface area contributed by atoms with Gasteiger partial charge in [0.2, 0.25) is 0 Å². The molecule has 22 heavy (non-hydrogen) atoms. The lowest BCUT2D eigenvalue weighted by Crippen LogP contribution is -2.37. The van der Waals surface area contributed by atoms with Crippen LogP contribution in [-0.2, 0) is 14.3 Å². The minimum absolute atomic E-state index is 0.0898. The van der Waals surface area contributed by atoms with Crippen molar-refractivity contribution in [2.24, 2.45) is 0 Å². The molecule has 0 aliphatic carbocycles. The summed E-state index contributed by atoms with van der Waals surface area (Å²) >= 11 is 0. The van der Waals surface area contributed by atoms with Gasteiger partial charge < -0.3 is 9.47 Å². The summed E-state index contributed by atoms with van der Waals surface area (Å²) in [5, 5.41) is 0. The van der Waals surface area contributed by atoms with Crippen molar-refractivity contribution in [2.75, 3.05) is 18.1 Å². The van der Waals surface area contributed by atoms with Crippen molar-refractivity contribution in [1.82, 2.24) is 0 Å². The van der Waals surface area contributed by atoms with Crippen LogP contribution in [-0.4, -0.2) is 30.8 Å². The lowest BCUT2D eigenvalue weighted by atomic mass is 10.0. The smallest absolute Gasteiger partial charge is 0.414 e. The Kier molecular flexibility index (Phi) is 4.39. The molecule has 1 amide bonds. The fourth-order valence-corrected chi connectivity index (χ4v) is 2.36. The van der Waals surface area contributed by atoms with E-state index in [0.29, 0.717) is 11.3 Å². The number of rotatable bonds is 2. The summed E-state index contributed by atoms with van der Waals surface area (Å²) in [5.41, 5.74) is 0.255. The Bertz CT molecular complexity index is 594. The van der Waals surface area contributed by atoms with Crippen LogP contribution in [0.5, 0.6) is 0 Å². The van der Waals surface area contributed by atoms with E-state index in [0.717, 1.165) is 0 Å². The van der Waals surface area contributed by atoms with Crippen molar-refractivity contribution in [2.45, 2.75) is 39.2 Å². The summed E-state index contributed by atoms with van der Waals surface area (Å²) in [7, 11) is 0. The number of carbonyl (C=O) groups excluding carboxylic acids is 2. The number of fused-ring (bicyclic) bond motifs is 1. The number of halogens is 1. The Morgan fingerprint density at radius 1 is 1.36 bits per heavy atom. The van der Waals surface area contributed by atoms with Gasteiger partial charge >= 0.3 is 12.1 Å². The zero-order valence-corrected chi connectivity index (χ0v) is 13.2. The predicted octanol–water partition coefficient (Wildman–Crippen LogP) is 3.23. The first-order chi connectivity index (χ1) is 10.2. The molecule has 0 saturated heterocycles. The van der Waals surface area contributed by atoms with Crippen molar-refractivity contribution in [3.8, 4) is 0 Å². The maximum absolute atomic E-state index is 13.5. The molecule has 0 saturated carbocycles. The minimum Gasteiger partial charge on any atom is -0.465 e. The lowest BCUT2D eigenvalue weighted by molar-refractivity contribution is -0.144. The van der Waals surface area contributed by atoms with Gasteiger partial charge in [-0.15, -0.1) is 0 Å². The monoisotopic (exact) mass is 309 g/mol. The highest BCUT2D eigenvalue weighted by atomic mass is 19.1. The van der Waals surface area contributed by atoms with Gasteiger partial charge in [0.1, 0.15) is 17.3 Å². The molecule has 1 atom stereocenters. The topological polar surface area (TPSA) is 55.8 Å². The molecule has 1 aromatic rings. The van der Waals surface area contributed by atoms with Crippen molar-refractivity contribution in [3.63, 3.8) is 0 Å². The fourth-order valence-electron chi connectivity index (χ4n) is 2.36. The molecular formula is C16H20FNO4. The molecule has 5 nitrogen and oxygen atoms in total. The highest BCUT2D eigenvalue weighted by Gasteiger charge is 2.39. The standard InChI is InChI=1S/C16H20FNO4/c1-5-21-14(19)12-9-18(15(20)22-16(2,3)4)13-8-10(17)6-7-11(12)13/h6-8,12H,5,9H2,1-4H3. The van der Waals surface area contributed by atoms with E-state index in [-0.39, 0.29) is 13.2 Å². The molecule has 6 heteroatoms. The van der Waals surface area contributed by atoms with Gasteiger partial charge in [-0.1, -0.05) is 6.07 Å². The van der Waals surface area contributed by atoms with Crippen LogP contribution in [0, 0.1) is 5.82 Å². The molecule has 1 aromatic carbocycles. The summed E-state index contributed by atoms with van der Waals surface area (Å²) < 4.78 is 23.9. The number of amides is 1. The van der Waals surface area contributed by atoms with Crippen LogP contribution >= 0.6 is 0 Å². The third kappa shape index (κ3) is 3.37. The summed E-state index contributed by atoms with van der Waals surface area (Å²) in [5.74, 6) is -1.53. The number of benzene rings is 1. The normalized spacial score (nSPS) is 17.1. The highest BCUT2D eigenvalue weighted by Crippen LogP contribution is 2.38. The predicted molar refractivity (Wildman–Crippen MR) is 79.4 cm³/mol. The van der Waals surface area contributed by atoms with Crippen LogP contribution in [0.3, 0.4) is 0 Å². The van der Waals surface area contributed by atoms with Crippen LogP contribution in [0.4, 0.5) is 14.9 Å². The fraction of sp³-hybridized carbons (Fsp3) is 0.500. The van der Waals surface area contributed by atoms with Crippen LogP contribution < -0.4 is 4.90 Å². The second-order valence-electron chi connectivity index (χ2n) is 6.10. The SMILES string of the molecule is CCOC(=O)C1CN(C(=O)OC(C)(C)C)c2cc(F)ccc21. The Hall–Kier alpha value is -2.11. The van der Waals surface area contributed by atoms with Gasteiger partial charge in [-0.05, 0) is 45.4 Å². The van der Waals surface area contributed by atoms with E-state index in [2.05, 4.69) is 0 Å². The summed E-state index contributed by atoms with van der Waals surface area (Å²) in [4.78, 5) is 25.6. The van der Waals surface area contributed by atoms with Crippen LogP contribution in [0.1, 0.15) is 39.2 Å². The average Bonchev–Trinajstić information content (AvgIpc) is 2.75. The minimum atomic E-state index is -0.674. The molecule has 0 radical (unpaired) electrons. The van der Waals surface area contributed by atoms with E-state index < -0.39 is 29.4 Å². The van der Waals surface area contributed by atoms with E-state index in [1.165, 1.54) is 23.1 Å². The zero-order chi connectivity index (χ0) is 16.5. The molecule has 0 fully saturated rings. The van der Waals surface area contributed by atoms with Crippen molar-refractivity contribution in [3.05, 3.63) is 29.6 Å². The average molecular weight is 309 g/mol. The Morgan fingerprint density at radius 3 is 2.64 bits per heavy atom. The second-order valence-corrected chi connectivity index (χ2v) is 6.10. The number of carbonyl (C=O) groups is 2. The van der Waals surface area contributed by atoms with E-state index >= 15 is 0 Å². The van der Waals surface area contributed by atoms with Gasteiger partial charge in [-0.2, -0.15) is 0 Å². The number of anilines is 1. The molecule has 2 rings (SSSR count). The van der Waals surface area contributed by atoms with Gasteiger partial charge in [-0.3, -0.25) is 9.69 Å². The maximum atomic E-state index is 13.5. The van der Waals surface area contributed by atoms with E-state index in [4.69, 9.17) is 9.47 Å². The van der Waals surface area contributed by atoms with Crippen molar-refractivity contribution < 1.29 is 23.5 Å². The van der Waals surface area contributed by atoms with E-state index in [1.807, 2.05) is 0 Å². The van der Waals surface area contributed by atoms with Gasteiger partial charge in [-0.25, -0.2) is 9.18 Å². The first-order valence-electron chi connectivity index (χ1n) is 7.19. The maximum Gasteiger partial charge on any atom is 0.414 e. The van der Waals surface area contributed by atoms with Crippen molar-refractivity contribution >= 4 is 17.7 Å². The quantitative estimate of drug-likeness (QED) is 0.787. The van der Waals surface area contributed by atoms with Gasteiger partial charge in [0.25, 0.3) is 0 Å². The second kappa shape index (κ2) is 5.94. The first kappa shape index (κ1) is 16.3.